The normalized spacial score (nSPS) is 22.4. The number of hydrogen-bond acceptors (Lipinski definition) is 4. The van der Waals surface area contributed by atoms with Gasteiger partial charge in [0.25, 0.3) is 0 Å². The van der Waals surface area contributed by atoms with Gasteiger partial charge >= 0.3 is 5.97 Å². The Morgan fingerprint density at radius 1 is 1.12 bits per heavy atom. The van der Waals surface area contributed by atoms with Crippen molar-refractivity contribution < 1.29 is 14.3 Å². The summed E-state index contributed by atoms with van der Waals surface area (Å²) in [6, 6.07) is 9.62. The van der Waals surface area contributed by atoms with Gasteiger partial charge in [0.05, 0.1) is 24.5 Å². The Hall–Kier alpha value is -2.02. The van der Waals surface area contributed by atoms with Gasteiger partial charge in [0.1, 0.15) is 11.5 Å². The van der Waals surface area contributed by atoms with E-state index in [4.69, 9.17) is 9.47 Å². The number of carbonyl (C=O) groups is 1. The van der Waals surface area contributed by atoms with Gasteiger partial charge in [0.2, 0.25) is 0 Å². The van der Waals surface area contributed by atoms with Gasteiger partial charge < -0.3 is 9.47 Å². The smallest absolute Gasteiger partial charge is 0.314 e. The summed E-state index contributed by atoms with van der Waals surface area (Å²) in [5, 5.41) is 9.68. The van der Waals surface area contributed by atoms with Crippen molar-refractivity contribution in [1.82, 2.24) is 0 Å². The van der Waals surface area contributed by atoms with Crippen molar-refractivity contribution in [2.45, 2.75) is 71.1 Å². The van der Waals surface area contributed by atoms with Crippen LogP contribution in [0.25, 0.3) is 0 Å². The molecule has 4 nitrogen and oxygen atoms in total. The number of ether oxygens (including phenoxy) is 2. The zero-order valence-corrected chi connectivity index (χ0v) is 16.1. The Bertz CT molecular complexity index is 595. The van der Waals surface area contributed by atoms with Crippen LogP contribution >= 0.6 is 0 Å². The van der Waals surface area contributed by atoms with Crippen molar-refractivity contribution in [3.8, 4) is 17.6 Å². The molecule has 0 bridgehead atoms. The Morgan fingerprint density at radius 3 is 2.31 bits per heavy atom. The molecule has 0 atom stereocenters. The lowest BCUT2D eigenvalue weighted by Crippen LogP contribution is -2.31. The van der Waals surface area contributed by atoms with Crippen molar-refractivity contribution in [2.75, 3.05) is 7.11 Å². The molecule has 1 aromatic carbocycles. The highest BCUT2D eigenvalue weighted by Gasteiger charge is 2.37. The molecule has 142 valence electrons. The van der Waals surface area contributed by atoms with E-state index in [0.29, 0.717) is 5.75 Å². The topological polar surface area (TPSA) is 59.3 Å². The summed E-state index contributed by atoms with van der Waals surface area (Å²) in [6.45, 7) is 2.21. The van der Waals surface area contributed by atoms with E-state index in [1.165, 1.54) is 25.7 Å². The predicted octanol–water partition coefficient (Wildman–Crippen LogP) is 5.66. The molecule has 1 aliphatic carbocycles. The van der Waals surface area contributed by atoms with E-state index >= 15 is 0 Å². The molecule has 0 heterocycles. The van der Waals surface area contributed by atoms with E-state index in [1.54, 1.807) is 31.4 Å². The molecule has 0 unspecified atom stereocenters. The SMILES string of the molecule is CCCCCCC[C@]1(C#N)CC[C@@H](C(=O)Oc2ccc(OC)cc2)CC1. The summed E-state index contributed by atoms with van der Waals surface area (Å²) in [5.41, 5.74) is -0.233. The minimum atomic E-state index is -0.233. The van der Waals surface area contributed by atoms with Crippen LogP contribution in [0.1, 0.15) is 71.1 Å². The molecular weight excluding hydrogens is 326 g/mol. The Balaban J connectivity index is 1.79. The molecule has 2 rings (SSSR count). The summed E-state index contributed by atoms with van der Waals surface area (Å²) in [4.78, 5) is 12.4. The second-order valence-corrected chi connectivity index (χ2v) is 7.43. The molecule has 1 saturated carbocycles. The van der Waals surface area contributed by atoms with Gasteiger partial charge in [-0.2, -0.15) is 5.26 Å². The van der Waals surface area contributed by atoms with Crippen molar-refractivity contribution in [3.63, 3.8) is 0 Å². The number of esters is 1. The number of methoxy groups -OCH3 is 1. The highest BCUT2D eigenvalue weighted by molar-refractivity contribution is 5.75. The lowest BCUT2D eigenvalue weighted by atomic mass is 9.69. The molecule has 0 spiro atoms. The maximum absolute atomic E-state index is 12.4. The van der Waals surface area contributed by atoms with Gasteiger partial charge in [0, 0.05) is 0 Å². The number of rotatable bonds is 9. The number of nitrogens with zero attached hydrogens (tertiary/aromatic N) is 1. The molecule has 4 heteroatoms. The van der Waals surface area contributed by atoms with E-state index in [-0.39, 0.29) is 17.3 Å². The van der Waals surface area contributed by atoms with Gasteiger partial charge in [0.15, 0.2) is 0 Å². The quantitative estimate of drug-likeness (QED) is 0.325. The molecule has 1 aromatic rings. The molecule has 0 aliphatic heterocycles. The van der Waals surface area contributed by atoms with Crippen LogP contribution in [-0.2, 0) is 4.79 Å². The van der Waals surface area contributed by atoms with Gasteiger partial charge in [-0.25, -0.2) is 0 Å². The van der Waals surface area contributed by atoms with Gasteiger partial charge in [-0.1, -0.05) is 39.0 Å². The Morgan fingerprint density at radius 2 is 1.73 bits per heavy atom. The summed E-state index contributed by atoms with van der Waals surface area (Å²) < 4.78 is 10.6. The first-order valence-corrected chi connectivity index (χ1v) is 9.89. The largest absolute Gasteiger partial charge is 0.497 e. The van der Waals surface area contributed by atoms with Crippen LogP contribution in [0.15, 0.2) is 24.3 Å². The van der Waals surface area contributed by atoms with Crippen molar-refractivity contribution in [2.24, 2.45) is 11.3 Å². The van der Waals surface area contributed by atoms with Crippen LogP contribution < -0.4 is 9.47 Å². The first-order valence-electron chi connectivity index (χ1n) is 9.89. The average molecular weight is 357 g/mol. The molecule has 1 fully saturated rings. The second-order valence-electron chi connectivity index (χ2n) is 7.43. The zero-order chi connectivity index (χ0) is 18.8. The highest BCUT2D eigenvalue weighted by Crippen LogP contribution is 2.42. The number of nitriles is 1. The average Bonchev–Trinajstić information content (AvgIpc) is 2.69. The van der Waals surface area contributed by atoms with E-state index in [0.717, 1.165) is 44.3 Å². The maximum atomic E-state index is 12.4. The maximum Gasteiger partial charge on any atom is 0.314 e. The van der Waals surface area contributed by atoms with E-state index < -0.39 is 0 Å². The molecular formula is C22H31NO3. The van der Waals surface area contributed by atoms with Crippen molar-refractivity contribution in [1.29, 1.82) is 5.26 Å². The first kappa shape index (κ1) is 20.3. The summed E-state index contributed by atoms with van der Waals surface area (Å²) in [5.74, 6) is 1.01. The minimum Gasteiger partial charge on any atom is -0.497 e. The summed E-state index contributed by atoms with van der Waals surface area (Å²) >= 11 is 0. The summed E-state index contributed by atoms with van der Waals surface area (Å²) in [6.07, 6.45) is 10.2. The standard InChI is InChI=1S/C22H31NO3/c1-3-4-5-6-7-14-22(17-23)15-12-18(13-16-22)21(24)26-20-10-8-19(25-2)9-11-20/h8-11,18H,3-7,12-16H2,1-2H3/t18-,22+. The van der Waals surface area contributed by atoms with E-state index in [1.807, 2.05) is 0 Å². The molecule has 0 amide bonds. The van der Waals surface area contributed by atoms with Gasteiger partial charge in [-0.05, 0) is 56.4 Å². The molecule has 26 heavy (non-hydrogen) atoms. The second kappa shape index (κ2) is 10.2. The molecule has 1 aliphatic rings. The number of hydrogen-bond donors (Lipinski definition) is 0. The highest BCUT2D eigenvalue weighted by atomic mass is 16.5. The predicted molar refractivity (Wildman–Crippen MR) is 102 cm³/mol. The van der Waals surface area contributed by atoms with E-state index in [9.17, 15) is 10.1 Å². The third-order valence-corrected chi connectivity index (χ3v) is 5.55. The van der Waals surface area contributed by atoms with Gasteiger partial charge in [-0.15, -0.1) is 0 Å². The monoisotopic (exact) mass is 357 g/mol. The minimum absolute atomic E-state index is 0.0985. The van der Waals surface area contributed by atoms with Crippen LogP contribution in [0, 0.1) is 22.7 Å². The first-order chi connectivity index (χ1) is 12.6. The zero-order valence-electron chi connectivity index (χ0n) is 16.1. The van der Waals surface area contributed by atoms with Crippen LogP contribution in [0.3, 0.4) is 0 Å². The molecule has 0 aromatic heterocycles. The number of benzene rings is 1. The lowest BCUT2D eigenvalue weighted by molar-refractivity contribution is -0.140. The molecule has 0 N–H and O–H groups in total. The van der Waals surface area contributed by atoms with Crippen LogP contribution in [0.4, 0.5) is 0 Å². The van der Waals surface area contributed by atoms with Crippen molar-refractivity contribution in [3.05, 3.63) is 24.3 Å². The van der Waals surface area contributed by atoms with Crippen LogP contribution in [-0.4, -0.2) is 13.1 Å². The third kappa shape index (κ3) is 5.76. The Kier molecular flexibility index (Phi) is 7.97. The van der Waals surface area contributed by atoms with E-state index in [2.05, 4.69) is 13.0 Å². The molecule has 0 radical (unpaired) electrons. The Labute approximate surface area is 157 Å². The fourth-order valence-electron chi connectivity index (χ4n) is 3.73. The number of carbonyl (C=O) groups excluding carboxylic acids is 1. The van der Waals surface area contributed by atoms with Gasteiger partial charge in [-0.3, -0.25) is 4.79 Å². The van der Waals surface area contributed by atoms with Crippen LogP contribution in [0.2, 0.25) is 0 Å². The summed E-state index contributed by atoms with van der Waals surface area (Å²) in [7, 11) is 1.61. The fourth-order valence-corrected chi connectivity index (χ4v) is 3.73. The molecule has 0 saturated heterocycles. The third-order valence-electron chi connectivity index (χ3n) is 5.55. The lowest BCUT2D eigenvalue weighted by Gasteiger charge is -2.34. The van der Waals surface area contributed by atoms with Crippen LogP contribution in [0.5, 0.6) is 11.5 Å². The van der Waals surface area contributed by atoms with Crippen molar-refractivity contribution >= 4 is 5.97 Å². The fraction of sp³-hybridized carbons (Fsp3) is 0.636. The number of unbranched alkanes of at least 4 members (excludes halogenated alkanes) is 4.